The lowest BCUT2D eigenvalue weighted by molar-refractivity contribution is 0.0697. The van der Waals surface area contributed by atoms with Crippen LogP contribution in [0.15, 0.2) is 36.4 Å². The molecule has 2 aromatic rings. The maximum atomic E-state index is 11.0. The molecule has 0 spiro atoms. The molecule has 0 radical (unpaired) electrons. The molecule has 0 unspecified atom stereocenters. The summed E-state index contributed by atoms with van der Waals surface area (Å²) < 4.78 is 0. The number of hydrogen-bond acceptors (Lipinski definition) is 3. The standard InChI is InChI=1S/C16H17ClN2O2/c1-2-3-4-11-5-7-13(8-6-11)18-15-10-12(16(20)21)9-14(17)19-15/h5-10H,2-4H2,1H3,(H,18,19)(H,20,21). The van der Waals surface area contributed by atoms with Crippen molar-refractivity contribution in [3.8, 4) is 0 Å². The SMILES string of the molecule is CCCCc1ccc(Nc2cc(C(=O)O)cc(Cl)n2)cc1. The lowest BCUT2D eigenvalue weighted by atomic mass is 10.1. The van der Waals surface area contributed by atoms with Gasteiger partial charge in [0.05, 0.1) is 5.56 Å². The molecular formula is C16H17ClN2O2. The molecule has 0 bridgehead atoms. The largest absolute Gasteiger partial charge is 0.478 e. The van der Waals surface area contributed by atoms with Crippen LogP contribution in [0.1, 0.15) is 35.7 Å². The summed E-state index contributed by atoms with van der Waals surface area (Å²) in [5, 5.41) is 12.2. The summed E-state index contributed by atoms with van der Waals surface area (Å²) >= 11 is 5.83. The number of halogens is 1. The van der Waals surface area contributed by atoms with Gasteiger partial charge in [-0.1, -0.05) is 37.1 Å². The number of carboxylic acid groups (broad SMARTS) is 1. The fourth-order valence-electron chi connectivity index (χ4n) is 1.97. The summed E-state index contributed by atoms with van der Waals surface area (Å²) in [5.74, 6) is -0.613. The molecule has 0 amide bonds. The minimum absolute atomic E-state index is 0.108. The van der Waals surface area contributed by atoms with E-state index < -0.39 is 5.97 Å². The van der Waals surface area contributed by atoms with Gasteiger partial charge in [0.1, 0.15) is 11.0 Å². The van der Waals surface area contributed by atoms with E-state index in [1.165, 1.54) is 30.5 Å². The monoisotopic (exact) mass is 304 g/mol. The molecule has 1 aromatic heterocycles. The number of benzene rings is 1. The van der Waals surface area contributed by atoms with Crippen LogP contribution in [-0.2, 0) is 6.42 Å². The van der Waals surface area contributed by atoms with Crippen LogP contribution in [-0.4, -0.2) is 16.1 Å². The molecule has 110 valence electrons. The van der Waals surface area contributed by atoms with Crippen molar-refractivity contribution < 1.29 is 9.90 Å². The van der Waals surface area contributed by atoms with Gasteiger partial charge in [-0.3, -0.25) is 0 Å². The number of unbranched alkanes of at least 4 members (excludes halogenated alkanes) is 1. The van der Waals surface area contributed by atoms with Gasteiger partial charge < -0.3 is 10.4 Å². The third-order valence-corrected chi connectivity index (χ3v) is 3.28. The molecule has 0 saturated carbocycles. The predicted molar refractivity (Wildman–Crippen MR) is 84.5 cm³/mol. The number of rotatable bonds is 6. The zero-order valence-electron chi connectivity index (χ0n) is 11.8. The van der Waals surface area contributed by atoms with Crippen molar-refractivity contribution in [2.24, 2.45) is 0 Å². The van der Waals surface area contributed by atoms with E-state index in [2.05, 4.69) is 29.4 Å². The summed E-state index contributed by atoms with van der Waals surface area (Å²) in [6.07, 6.45) is 3.41. The fraction of sp³-hybridized carbons (Fsp3) is 0.250. The van der Waals surface area contributed by atoms with Gasteiger partial charge in [0, 0.05) is 5.69 Å². The van der Waals surface area contributed by atoms with Gasteiger partial charge in [-0.2, -0.15) is 0 Å². The number of pyridine rings is 1. The second-order valence-corrected chi connectivity index (χ2v) is 5.18. The summed E-state index contributed by atoms with van der Waals surface area (Å²) in [5.41, 5.74) is 2.24. The molecule has 4 nitrogen and oxygen atoms in total. The fourth-order valence-corrected chi connectivity index (χ4v) is 2.18. The second kappa shape index (κ2) is 7.09. The van der Waals surface area contributed by atoms with Crippen molar-refractivity contribution in [1.82, 2.24) is 4.98 Å². The molecule has 0 aliphatic carbocycles. The van der Waals surface area contributed by atoms with Crippen molar-refractivity contribution >= 4 is 29.1 Å². The van der Waals surface area contributed by atoms with E-state index in [9.17, 15) is 4.79 Å². The molecule has 0 fully saturated rings. The van der Waals surface area contributed by atoms with Crippen LogP contribution >= 0.6 is 11.6 Å². The van der Waals surface area contributed by atoms with Crippen LogP contribution in [0.25, 0.3) is 0 Å². The average Bonchev–Trinajstić information content (AvgIpc) is 2.46. The van der Waals surface area contributed by atoms with Gasteiger partial charge in [-0.05, 0) is 42.7 Å². The van der Waals surface area contributed by atoms with Crippen LogP contribution in [0.3, 0.4) is 0 Å². The molecule has 0 atom stereocenters. The summed E-state index contributed by atoms with van der Waals surface area (Å²) in [6.45, 7) is 2.17. The maximum Gasteiger partial charge on any atom is 0.335 e. The van der Waals surface area contributed by atoms with Crippen molar-refractivity contribution in [3.05, 3.63) is 52.7 Å². The van der Waals surface area contributed by atoms with Gasteiger partial charge >= 0.3 is 5.97 Å². The highest BCUT2D eigenvalue weighted by atomic mass is 35.5. The maximum absolute atomic E-state index is 11.0. The van der Waals surface area contributed by atoms with Gasteiger partial charge in [-0.25, -0.2) is 9.78 Å². The minimum atomic E-state index is -1.03. The average molecular weight is 305 g/mol. The van der Waals surface area contributed by atoms with E-state index >= 15 is 0 Å². The molecule has 1 heterocycles. The normalized spacial score (nSPS) is 10.4. The number of aromatic carboxylic acids is 1. The van der Waals surface area contributed by atoms with Crippen LogP contribution in [0.5, 0.6) is 0 Å². The Morgan fingerprint density at radius 1 is 1.29 bits per heavy atom. The molecule has 0 aliphatic rings. The Morgan fingerprint density at radius 3 is 2.62 bits per heavy atom. The van der Waals surface area contributed by atoms with Crippen molar-refractivity contribution in [2.45, 2.75) is 26.2 Å². The Balaban J connectivity index is 2.12. The molecule has 2 N–H and O–H groups in total. The Labute approximate surface area is 128 Å². The quantitative estimate of drug-likeness (QED) is 0.770. The van der Waals surface area contributed by atoms with Crippen molar-refractivity contribution in [2.75, 3.05) is 5.32 Å². The number of hydrogen-bond donors (Lipinski definition) is 2. The number of anilines is 2. The van der Waals surface area contributed by atoms with Crippen LogP contribution in [0.4, 0.5) is 11.5 Å². The predicted octanol–water partition coefficient (Wildman–Crippen LogP) is 4.52. The van der Waals surface area contributed by atoms with E-state index in [-0.39, 0.29) is 10.7 Å². The molecule has 5 heteroatoms. The zero-order chi connectivity index (χ0) is 15.2. The molecule has 2 rings (SSSR count). The first kappa shape index (κ1) is 15.3. The Bertz CT molecular complexity index is 627. The minimum Gasteiger partial charge on any atom is -0.478 e. The van der Waals surface area contributed by atoms with E-state index in [0.717, 1.165) is 12.1 Å². The molecule has 21 heavy (non-hydrogen) atoms. The Morgan fingerprint density at radius 2 is 2.00 bits per heavy atom. The number of carboxylic acids is 1. The van der Waals surface area contributed by atoms with Crippen molar-refractivity contribution in [1.29, 1.82) is 0 Å². The number of nitrogens with one attached hydrogen (secondary N) is 1. The van der Waals surface area contributed by atoms with Crippen molar-refractivity contribution in [3.63, 3.8) is 0 Å². The lowest BCUT2D eigenvalue weighted by Crippen LogP contribution is -2.00. The third kappa shape index (κ3) is 4.46. The lowest BCUT2D eigenvalue weighted by Gasteiger charge is -2.08. The first-order valence-electron chi connectivity index (χ1n) is 6.85. The smallest absolute Gasteiger partial charge is 0.335 e. The van der Waals surface area contributed by atoms with Gasteiger partial charge in [-0.15, -0.1) is 0 Å². The number of carbonyl (C=O) groups is 1. The van der Waals surface area contributed by atoms with Crippen LogP contribution in [0.2, 0.25) is 5.15 Å². The van der Waals surface area contributed by atoms with E-state index in [4.69, 9.17) is 16.7 Å². The number of nitrogens with zero attached hydrogens (tertiary/aromatic N) is 1. The topological polar surface area (TPSA) is 62.2 Å². The third-order valence-electron chi connectivity index (χ3n) is 3.09. The van der Waals surface area contributed by atoms with Crippen LogP contribution < -0.4 is 5.32 Å². The highest BCUT2D eigenvalue weighted by molar-refractivity contribution is 6.29. The van der Waals surface area contributed by atoms with Gasteiger partial charge in [0.2, 0.25) is 0 Å². The highest BCUT2D eigenvalue weighted by Gasteiger charge is 2.07. The first-order chi connectivity index (χ1) is 10.1. The summed E-state index contributed by atoms with van der Waals surface area (Å²) in [4.78, 5) is 15.1. The molecule has 0 saturated heterocycles. The number of aromatic nitrogens is 1. The second-order valence-electron chi connectivity index (χ2n) is 4.79. The molecule has 1 aromatic carbocycles. The Kier molecular flexibility index (Phi) is 5.17. The molecular weight excluding hydrogens is 288 g/mol. The van der Waals surface area contributed by atoms with Gasteiger partial charge in [0.25, 0.3) is 0 Å². The summed E-state index contributed by atoms with van der Waals surface area (Å²) in [6, 6.07) is 10.8. The van der Waals surface area contributed by atoms with E-state index in [1.54, 1.807) is 0 Å². The Hall–Kier alpha value is -2.07. The van der Waals surface area contributed by atoms with E-state index in [1.807, 2.05) is 12.1 Å². The zero-order valence-corrected chi connectivity index (χ0v) is 12.5. The van der Waals surface area contributed by atoms with E-state index in [0.29, 0.717) is 5.82 Å². The first-order valence-corrected chi connectivity index (χ1v) is 7.23. The highest BCUT2D eigenvalue weighted by Crippen LogP contribution is 2.20. The van der Waals surface area contributed by atoms with Gasteiger partial charge in [0.15, 0.2) is 0 Å². The summed E-state index contributed by atoms with van der Waals surface area (Å²) in [7, 11) is 0. The number of aryl methyl sites for hydroxylation is 1. The van der Waals surface area contributed by atoms with Crippen LogP contribution in [0, 0.1) is 0 Å². The molecule has 0 aliphatic heterocycles.